The normalized spacial score (nSPS) is 63.3. The van der Waals surface area contributed by atoms with E-state index in [-0.39, 0.29) is 23.3 Å². The summed E-state index contributed by atoms with van der Waals surface area (Å²) in [5, 5.41) is 10.3. The van der Waals surface area contributed by atoms with Crippen LogP contribution in [-0.2, 0) is 9.47 Å². The summed E-state index contributed by atoms with van der Waals surface area (Å²) >= 11 is 0. The Morgan fingerprint density at radius 1 is 0.935 bits per heavy atom. The van der Waals surface area contributed by atoms with E-state index >= 15 is 0 Å². The number of fused-ring (bicyclic) bond motifs is 7. The van der Waals surface area contributed by atoms with Gasteiger partial charge in [-0.2, -0.15) is 0 Å². The van der Waals surface area contributed by atoms with E-state index in [9.17, 15) is 5.11 Å². The molecule has 4 heteroatoms. The molecule has 2 heterocycles. The van der Waals surface area contributed by atoms with Gasteiger partial charge in [-0.25, -0.2) is 0 Å². The zero-order chi connectivity index (χ0) is 21.8. The minimum atomic E-state index is -0.352. The van der Waals surface area contributed by atoms with Crippen molar-refractivity contribution in [2.24, 2.45) is 58.0 Å². The quantitative estimate of drug-likeness (QED) is 0.582. The summed E-state index contributed by atoms with van der Waals surface area (Å²) < 4.78 is 13.4. The van der Waals surface area contributed by atoms with E-state index in [0.717, 1.165) is 37.7 Å². The van der Waals surface area contributed by atoms with Gasteiger partial charge >= 0.3 is 0 Å². The lowest BCUT2D eigenvalue weighted by Gasteiger charge is -2.62. The molecule has 0 aromatic heterocycles. The van der Waals surface area contributed by atoms with Gasteiger partial charge < -0.3 is 20.3 Å². The lowest BCUT2D eigenvalue weighted by atomic mass is 9.43. The van der Waals surface area contributed by atoms with Gasteiger partial charge in [0, 0.05) is 24.3 Å². The van der Waals surface area contributed by atoms with E-state index in [4.69, 9.17) is 15.2 Å². The SMILES string of the molecule is C[C@H]1CC[C@@]2(OC1)O[C@H]1C[C@H]3[C@@H]4CC[C@H]5C[C@@H](O)CC[C@]5(C)[C@H]4C[C@@H](N)[C@]3(C)[C@H]1[C@@H]2C. The molecule has 0 aromatic rings. The second kappa shape index (κ2) is 6.93. The van der Waals surface area contributed by atoms with Gasteiger partial charge in [0.25, 0.3) is 0 Å². The Morgan fingerprint density at radius 3 is 2.48 bits per heavy atom. The Morgan fingerprint density at radius 2 is 1.74 bits per heavy atom. The summed E-state index contributed by atoms with van der Waals surface area (Å²) in [5.74, 6) is 4.13. The summed E-state index contributed by atoms with van der Waals surface area (Å²) in [6, 6.07) is 0.250. The first-order chi connectivity index (χ1) is 14.7. The Kier molecular flexibility index (Phi) is 4.78. The number of hydrogen-bond donors (Lipinski definition) is 2. The molecule has 6 aliphatic rings. The molecule has 0 unspecified atom stereocenters. The smallest absolute Gasteiger partial charge is 0.171 e. The van der Waals surface area contributed by atoms with Crippen LogP contribution in [0.2, 0.25) is 0 Å². The first-order valence-corrected chi connectivity index (χ1v) is 13.4. The summed E-state index contributed by atoms with van der Waals surface area (Å²) in [6.45, 7) is 10.6. The summed E-state index contributed by atoms with van der Waals surface area (Å²) in [5.41, 5.74) is 7.72. The molecule has 1 spiro atoms. The van der Waals surface area contributed by atoms with Gasteiger partial charge in [0.05, 0.1) is 18.8 Å². The molecular formula is C27H45NO3. The Bertz CT molecular complexity index is 719. The second-order valence-electron chi connectivity index (χ2n) is 13.3. The van der Waals surface area contributed by atoms with Crippen molar-refractivity contribution in [2.45, 2.75) is 110 Å². The Labute approximate surface area is 189 Å². The third-order valence-corrected chi connectivity index (χ3v) is 12.1. The van der Waals surface area contributed by atoms with Crippen molar-refractivity contribution in [3.63, 3.8) is 0 Å². The molecule has 31 heavy (non-hydrogen) atoms. The molecular weight excluding hydrogens is 386 g/mol. The van der Waals surface area contributed by atoms with Crippen LogP contribution < -0.4 is 5.73 Å². The van der Waals surface area contributed by atoms with E-state index in [1.54, 1.807) is 0 Å². The van der Waals surface area contributed by atoms with Gasteiger partial charge in [-0.3, -0.25) is 0 Å². The monoisotopic (exact) mass is 431 g/mol. The highest BCUT2D eigenvalue weighted by molar-refractivity contribution is 5.18. The van der Waals surface area contributed by atoms with Crippen LogP contribution in [0.1, 0.15) is 85.5 Å². The zero-order valence-corrected chi connectivity index (χ0v) is 20.2. The Balaban J connectivity index is 1.29. The first-order valence-electron chi connectivity index (χ1n) is 13.4. The summed E-state index contributed by atoms with van der Waals surface area (Å²) in [6.07, 6.45) is 10.7. The predicted octanol–water partition coefficient (Wildman–Crippen LogP) is 4.73. The second-order valence-corrected chi connectivity index (χ2v) is 13.3. The van der Waals surface area contributed by atoms with Crippen molar-refractivity contribution in [1.29, 1.82) is 0 Å². The molecule has 0 aromatic carbocycles. The molecule has 0 amide bonds. The van der Waals surface area contributed by atoms with Gasteiger partial charge in [-0.15, -0.1) is 0 Å². The standard InChI is InChI=1S/C27H45NO3/c1-15-7-10-27(30-14-15)16(2)24-22(31-27)12-21-19-6-5-17-11-18(29)8-9-25(17,3)20(19)13-23(28)26(21,24)4/h15-24,29H,5-14,28H2,1-4H3/t15-,16-,17-,18-,19+,20-,21-,22-,23+,24-,25-,26+,27+/m0/s1. The molecule has 4 saturated carbocycles. The molecule has 4 nitrogen and oxygen atoms in total. The fraction of sp³-hybridized carbons (Fsp3) is 1.00. The maximum Gasteiger partial charge on any atom is 0.171 e. The van der Waals surface area contributed by atoms with Gasteiger partial charge in [0.15, 0.2) is 5.79 Å². The molecule has 4 aliphatic carbocycles. The number of aliphatic hydroxyl groups excluding tert-OH is 1. The fourth-order valence-corrected chi connectivity index (χ4v) is 10.3. The zero-order valence-electron chi connectivity index (χ0n) is 20.2. The highest BCUT2D eigenvalue weighted by atomic mass is 16.7. The number of rotatable bonds is 0. The van der Waals surface area contributed by atoms with Gasteiger partial charge in [-0.1, -0.05) is 27.7 Å². The number of ether oxygens (including phenoxy) is 2. The van der Waals surface area contributed by atoms with Crippen molar-refractivity contribution in [2.75, 3.05) is 6.61 Å². The summed E-state index contributed by atoms with van der Waals surface area (Å²) in [7, 11) is 0. The maximum absolute atomic E-state index is 10.3. The van der Waals surface area contributed by atoms with E-state index in [1.165, 1.54) is 38.5 Å². The van der Waals surface area contributed by atoms with Crippen molar-refractivity contribution in [3.8, 4) is 0 Å². The van der Waals surface area contributed by atoms with Crippen molar-refractivity contribution >= 4 is 0 Å². The summed E-state index contributed by atoms with van der Waals surface area (Å²) in [4.78, 5) is 0. The van der Waals surface area contributed by atoms with E-state index in [1.807, 2.05) is 0 Å². The van der Waals surface area contributed by atoms with Crippen LogP contribution in [0.3, 0.4) is 0 Å². The van der Waals surface area contributed by atoms with Crippen molar-refractivity contribution < 1.29 is 14.6 Å². The highest BCUT2D eigenvalue weighted by Crippen LogP contribution is 2.71. The van der Waals surface area contributed by atoms with E-state index in [0.29, 0.717) is 41.1 Å². The molecule has 6 fully saturated rings. The average molecular weight is 432 g/mol. The molecule has 2 saturated heterocycles. The maximum atomic E-state index is 10.3. The lowest BCUT2D eigenvalue weighted by Crippen LogP contribution is -2.61. The highest BCUT2D eigenvalue weighted by Gasteiger charge is 2.71. The molecule has 6 rings (SSSR count). The topological polar surface area (TPSA) is 64.7 Å². The van der Waals surface area contributed by atoms with Crippen LogP contribution in [0.4, 0.5) is 0 Å². The Hall–Kier alpha value is -0.160. The van der Waals surface area contributed by atoms with Crippen LogP contribution >= 0.6 is 0 Å². The van der Waals surface area contributed by atoms with Gasteiger partial charge in [0.2, 0.25) is 0 Å². The van der Waals surface area contributed by atoms with Crippen molar-refractivity contribution in [1.82, 2.24) is 0 Å². The number of hydrogen-bond acceptors (Lipinski definition) is 4. The van der Waals surface area contributed by atoms with E-state index in [2.05, 4.69) is 27.7 Å². The van der Waals surface area contributed by atoms with Crippen LogP contribution in [0, 0.1) is 52.3 Å². The third-order valence-electron chi connectivity index (χ3n) is 12.1. The lowest BCUT2D eigenvalue weighted by molar-refractivity contribution is -0.273. The van der Waals surface area contributed by atoms with Crippen LogP contribution in [0.15, 0.2) is 0 Å². The van der Waals surface area contributed by atoms with Crippen LogP contribution in [0.5, 0.6) is 0 Å². The average Bonchev–Trinajstić information content (AvgIpc) is 3.18. The number of aliphatic hydroxyl groups is 1. The molecule has 13 atom stereocenters. The molecule has 176 valence electrons. The van der Waals surface area contributed by atoms with E-state index < -0.39 is 0 Å². The minimum absolute atomic E-state index is 0.0772. The largest absolute Gasteiger partial charge is 0.393 e. The molecule has 0 radical (unpaired) electrons. The van der Waals surface area contributed by atoms with Crippen LogP contribution in [0.25, 0.3) is 0 Å². The van der Waals surface area contributed by atoms with Gasteiger partial charge in [-0.05, 0) is 91.8 Å². The van der Waals surface area contributed by atoms with Crippen LogP contribution in [-0.4, -0.2) is 35.8 Å². The number of nitrogens with two attached hydrogens (primary N) is 1. The van der Waals surface area contributed by atoms with Gasteiger partial charge in [0.1, 0.15) is 0 Å². The molecule has 2 aliphatic heterocycles. The fourth-order valence-electron chi connectivity index (χ4n) is 10.3. The van der Waals surface area contributed by atoms with Crippen molar-refractivity contribution in [3.05, 3.63) is 0 Å². The third kappa shape index (κ3) is 2.74. The predicted molar refractivity (Wildman–Crippen MR) is 121 cm³/mol. The first kappa shape index (κ1) is 21.4. The minimum Gasteiger partial charge on any atom is -0.393 e. The molecule has 3 N–H and O–H groups in total. The molecule has 0 bridgehead atoms.